The average molecular weight is 425 g/mol. The lowest BCUT2D eigenvalue weighted by atomic mass is 10.2. The molecule has 29 heavy (non-hydrogen) atoms. The molecule has 0 saturated heterocycles. The summed E-state index contributed by atoms with van der Waals surface area (Å²) in [5.74, 6) is -0.129. The number of hydrogen-bond acceptors (Lipinski definition) is 5. The van der Waals surface area contributed by atoms with E-state index >= 15 is 0 Å². The quantitative estimate of drug-likeness (QED) is 0.524. The zero-order valence-electron chi connectivity index (χ0n) is 15.6. The molecule has 2 aromatic heterocycles. The van der Waals surface area contributed by atoms with Gasteiger partial charge in [-0.05, 0) is 37.3 Å². The maximum absolute atomic E-state index is 12.6. The van der Waals surface area contributed by atoms with Crippen LogP contribution >= 0.6 is 22.9 Å². The molecule has 0 radical (unpaired) electrons. The molecule has 0 spiro atoms. The van der Waals surface area contributed by atoms with E-state index in [0.29, 0.717) is 33.2 Å². The Bertz CT molecular complexity index is 1250. The van der Waals surface area contributed by atoms with E-state index in [-0.39, 0.29) is 17.9 Å². The second-order valence-corrected chi connectivity index (χ2v) is 8.04. The Morgan fingerprint density at radius 3 is 2.79 bits per heavy atom. The van der Waals surface area contributed by atoms with Gasteiger partial charge in [-0.15, -0.1) is 11.3 Å². The van der Waals surface area contributed by atoms with E-state index < -0.39 is 0 Å². The number of thiazole rings is 1. The van der Waals surface area contributed by atoms with Crippen molar-refractivity contribution in [3.05, 3.63) is 85.8 Å². The SMILES string of the molecule is Cc1ccc(NC(=O)Cc2nc(Cn3cnc4cc(Cl)ccc4c3=O)cs2)cc1. The van der Waals surface area contributed by atoms with Crippen LogP contribution in [-0.4, -0.2) is 20.4 Å². The van der Waals surface area contributed by atoms with Crippen LogP contribution in [0.1, 0.15) is 16.3 Å². The van der Waals surface area contributed by atoms with Gasteiger partial charge in [0.25, 0.3) is 5.56 Å². The molecule has 1 N–H and O–H groups in total. The van der Waals surface area contributed by atoms with Crippen LogP contribution in [0.4, 0.5) is 5.69 Å². The lowest BCUT2D eigenvalue weighted by Gasteiger charge is -2.05. The number of benzene rings is 2. The van der Waals surface area contributed by atoms with E-state index in [4.69, 9.17) is 11.6 Å². The van der Waals surface area contributed by atoms with E-state index in [1.54, 1.807) is 18.2 Å². The first-order valence-corrected chi connectivity index (χ1v) is 10.2. The molecule has 4 aromatic rings. The van der Waals surface area contributed by atoms with Crippen LogP contribution in [-0.2, 0) is 17.8 Å². The number of anilines is 1. The van der Waals surface area contributed by atoms with Crippen LogP contribution in [0.3, 0.4) is 0 Å². The van der Waals surface area contributed by atoms with E-state index in [2.05, 4.69) is 15.3 Å². The predicted octanol–water partition coefficient (Wildman–Crippen LogP) is 4.04. The molecule has 0 aliphatic rings. The minimum absolute atomic E-state index is 0.129. The third-order valence-electron chi connectivity index (χ3n) is 4.37. The van der Waals surface area contributed by atoms with Crippen LogP contribution in [0.5, 0.6) is 0 Å². The highest BCUT2D eigenvalue weighted by Crippen LogP contribution is 2.16. The van der Waals surface area contributed by atoms with Crippen molar-refractivity contribution in [2.24, 2.45) is 0 Å². The third kappa shape index (κ3) is 4.52. The Morgan fingerprint density at radius 1 is 1.21 bits per heavy atom. The number of fused-ring (bicyclic) bond motifs is 1. The van der Waals surface area contributed by atoms with Gasteiger partial charge in [0, 0.05) is 16.1 Å². The van der Waals surface area contributed by atoms with Gasteiger partial charge in [-0.1, -0.05) is 29.3 Å². The number of halogens is 1. The Hall–Kier alpha value is -3.03. The van der Waals surface area contributed by atoms with Crippen molar-refractivity contribution in [2.45, 2.75) is 19.9 Å². The number of nitrogens with zero attached hydrogens (tertiary/aromatic N) is 3. The molecule has 0 saturated carbocycles. The molecular weight excluding hydrogens is 408 g/mol. The van der Waals surface area contributed by atoms with Gasteiger partial charge in [-0.25, -0.2) is 9.97 Å². The highest BCUT2D eigenvalue weighted by atomic mass is 35.5. The highest BCUT2D eigenvalue weighted by Gasteiger charge is 2.11. The number of aromatic nitrogens is 3. The van der Waals surface area contributed by atoms with E-state index in [0.717, 1.165) is 11.3 Å². The largest absolute Gasteiger partial charge is 0.326 e. The maximum atomic E-state index is 12.6. The van der Waals surface area contributed by atoms with Crippen molar-refractivity contribution in [3.63, 3.8) is 0 Å². The fourth-order valence-corrected chi connectivity index (χ4v) is 3.85. The van der Waals surface area contributed by atoms with Crippen LogP contribution in [0.25, 0.3) is 10.9 Å². The smallest absolute Gasteiger partial charge is 0.261 e. The summed E-state index contributed by atoms with van der Waals surface area (Å²) in [7, 11) is 0. The Balaban J connectivity index is 1.45. The van der Waals surface area contributed by atoms with Gasteiger partial charge in [0.1, 0.15) is 5.01 Å². The molecule has 0 aliphatic carbocycles. The number of nitrogens with one attached hydrogen (secondary N) is 1. The van der Waals surface area contributed by atoms with Gasteiger partial charge < -0.3 is 5.32 Å². The number of carbonyl (C=O) groups is 1. The zero-order chi connectivity index (χ0) is 20.4. The molecule has 146 valence electrons. The minimum atomic E-state index is -0.154. The molecule has 0 bridgehead atoms. The van der Waals surface area contributed by atoms with Crippen LogP contribution in [0, 0.1) is 6.92 Å². The minimum Gasteiger partial charge on any atom is -0.326 e. The predicted molar refractivity (Wildman–Crippen MR) is 116 cm³/mol. The molecule has 6 nitrogen and oxygen atoms in total. The molecule has 4 rings (SSSR count). The lowest BCUT2D eigenvalue weighted by Crippen LogP contribution is -2.21. The zero-order valence-corrected chi connectivity index (χ0v) is 17.1. The van der Waals surface area contributed by atoms with Gasteiger partial charge in [0.05, 0.1) is 35.9 Å². The van der Waals surface area contributed by atoms with Crippen molar-refractivity contribution in [1.82, 2.24) is 14.5 Å². The summed E-state index contributed by atoms with van der Waals surface area (Å²) in [5, 5.41) is 6.45. The standard InChI is InChI=1S/C21H17ClN4O2S/c1-13-2-5-15(6-3-13)24-19(27)9-20-25-16(11-29-20)10-26-12-23-18-8-14(22)4-7-17(18)21(26)28/h2-8,11-12H,9-10H2,1H3,(H,24,27). The molecule has 2 heterocycles. The number of hydrogen-bond donors (Lipinski definition) is 1. The second-order valence-electron chi connectivity index (χ2n) is 6.66. The molecule has 0 fully saturated rings. The normalized spacial score (nSPS) is 11.0. The second kappa shape index (κ2) is 8.14. The molecule has 2 aromatic carbocycles. The molecule has 0 unspecified atom stereocenters. The molecular formula is C21H17ClN4O2S. The lowest BCUT2D eigenvalue weighted by molar-refractivity contribution is -0.115. The van der Waals surface area contributed by atoms with Gasteiger partial charge in [0.15, 0.2) is 0 Å². The van der Waals surface area contributed by atoms with Gasteiger partial charge in [-0.2, -0.15) is 0 Å². The van der Waals surface area contributed by atoms with Crippen LogP contribution < -0.4 is 10.9 Å². The van der Waals surface area contributed by atoms with Gasteiger partial charge >= 0.3 is 0 Å². The summed E-state index contributed by atoms with van der Waals surface area (Å²) in [6.45, 7) is 2.29. The topological polar surface area (TPSA) is 76.9 Å². The highest BCUT2D eigenvalue weighted by molar-refractivity contribution is 7.09. The van der Waals surface area contributed by atoms with Crippen molar-refractivity contribution in [2.75, 3.05) is 5.32 Å². The Kier molecular flexibility index (Phi) is 5.42. The first-order chi connectivity index (χ1) is 14.0. The van der Waals surface area contributed by atoms with Crippen molar-refractivity contribution in [1.29, 1.82) is 0 Å². The fraction of sp³-hybridized carbons (Fsp3) is 0.143. The van der Waals surface area contributed by atoms with E-state index in [1.165, 1.54) is 22.2 Å². The van der Waals surface area contributed by atoms with Gasteiger partial charge in [0.2, 0.25) is 5.91 Å². The number of rotatable bonds is 5. The molecule has 0 atom stereocenters. The monoisotopic (exact) mass is 424 g/mol. The Labute approximate surface area is 175 Å². The molecule has 8 heteroatoms. The third-order valence-corrected chi connectivity index (χ3v) is 5.50. The first kappa shape index (κ1) is 19.3. The molecule has 1 amide bonds. The Morgan fingerprint density at radius 2 is 2.00 bits per heavy atom. The number of aryl methyl sites for hydroxylation is 1. The van der Waals surface area contributed by atoms with E-state index in [1.807, 2.05) is 36.6 Å². The number of carbonyl (C=O) groups excluding carboxylic acids is 1. The van der Waals surface area contributed by atoms with Crippen LogP contribution in [0.15, 0.2) is 59.0 Å². The summed E-state index contributed by atoms with van der Waals surface area (Å²) in [6, 6.07) is 12.6. The number of amides is 1. The van der Waals surface area contributed by atoms with Crippen molar-refractivity contribution < 1.29 is 4.79 Å². The maximum Gasteiger partial charge on any atom is 0.261 e. The first-order valence-electron chi connectivity index (χ1n) is 8.92. The summed E-state index contributed by atoms with van der Waals surface area (Å²) in [4.78, 5) is 33.7. The summed E-state index contributed by atoms with van der Waals surface area (Å²) in [6.07, 6.45) is 1.67. The van der Waals surface area contributed by atoms with Gasteiger partial charge in [-0.3, -0.25) is 14.2 Å². The van der Waals surface area contributed by atoms with Crippen molar-refractivity contribution >= 4 is 45.4 Å². The molecule has 0 aliphatic heterocycles. The van der Waals surface area contributed by atoms with E-state index in [9.17, 15) is 9.59 Å². The van der Waals surface area contributed by atoms with Crippen LogP contribution in [0.2, 0.25) is 5.02 Å². The fourth-order valence-electron chi connectivity index (χ4n) is 2.90. The summed E-state index contributed by atoms with van der Waals surface area (Å²) >= 11 is 7.35. The van der Waals surface area contributed by atoms with Crippen molar-refractivity contribution in [3.8, 4) is 0 Å². The summed E-state index contributed by atoms with van der Waals surface area (Å²) < 4.78 is 1.50. The summed E-state index contributed by atoms with van der Waals surface area (Å²) in [5.41, 5.74) is 3.01. The average Bonchev–Trinajstić information content (AvgIpc) is 3.12.